The van der Waals surface area contributed by atoms with Gasteiger partial charge in [-0.2, -0.15) is 0 Å². The molecule has 0 rings (SSSR count). The Labute approximate surface area is 120 Å². The summed E-state index contributed by atoms with van der Waals surface area (Å²) in [5.41, 5.74) is -0.677. The maximum atomic E-state index is 12.0. The minimum atomic E-state index is -0.955. The molecule has 116 valence electrons. The molecule has 0 aliphatic heterocycles. The SMILES string of the molecule is CCC(C)N(CC)C(=O)NC(=O)CC(C)(C)CC(=O)O. The molecule has 1 unspecified atom stereocenters. The van der Waals surface area contributed by atoms with Crippen molar-refractivity contribution >= 4 is 17.9 Å². The maximum Gasteiger partial charge on any atom is 0.324 e. The number of aliphatic carboxylic acids is 1. The van der Waals surface area contributed by atoms with E-state index in [2.05, 4.69) is 5.32 Å². The van der Waals surface area contributed by atoms with Gasteiger partial charge in [0.2, 0.25) is 5.91 Å². The second-order valence-electron chi connectivity index (χ2n) is 5.81. The summed E-state index contributed by atoms with van der Waals surface area (Å²) < 4.78 is 0. The van der Waals surface area contributed by atoms with Gasteiger partial charge in [0.25, 0.3) is 0 Å². The Kier molecular flexibility index (Phi) is 7.24. The number of carbonyl (C=O) groups is 3. The number of nitrogens with one attached hydrogen (secondary N) is 1. The summed E-state index contributed by atoms with van der Waals surface area (Å²) in [7, 11) is 0. The fourth-order valence-electron chi connectivity index (χ4n) is 2.02. The van der Waals surface area contributed by atoms with Crippen LogP contribution in [0.2, 0.25) is 0 Å². The summed E-state index contributed by atoms with van der Waals surface area (Å²) in [6.45, 7) is 9.65. The van der Waals surface area contributed by atoms with Gasteiger partial charge in [-0.15, -0.1) is 0 Å². The number of urea groups is 1. The van der Waals surface area contributed by atoms with E-state index in [0.717, 1.165) is 6.42 Å². The third-order valence-corrected chi connectivity index (χ3v) is 3.24. The molecule has 0 radical (unpaired) electrons. The van der Waals surface area contributed by atoms with Crippen molar-refractivity contribution in [3.63, 3.8) is 0 Å². The van der Waals surface area contributed by atoms with E-state index in [-0.39, 0.29) is 18.9 Å². The lowest BCUT2D eigenvalue weighted by Gasteiger charge is -2.28. The lowest BCUT2D eigenvalue weighted by molar-refractivity contribution is -0.139. The molecule has 0 fully saturated rings. The van der Waals surface area contributed by atoms with Gasteiger partial charge in [0.1, 0.15) is 0 Å². The van der Waals surface area contributed by atoms with Crippen LogP contribution in [0.15, 0.2) is 0 Å². The number of imide groups is 1. The van der Waals surface area contributed by atoms with E-state index in [1.807, 2.05) is 20.8 Å². The van der Waals surface area contributed by atoms with Crippen LogP contribution in [0, 0.1) is 5.41 Å². The molecular formula is C14H26N2O4. The number of hydrogen-bond donors (Lipinski definition) is 2. The average molecular weight is 286 g/mol. The van der Waals surface area contributed by atoms with Gasteiger partial charge in [-0.1, -0.05) is 20.8 Å². The van der Waals surface area contributed by atoms with Gasteiger partial charge < -0.3 is 10.0 Å². The number of carbonyl (C=O) groups excluding carboxylic acids is 2. The Morgan fingerprint density at radius 1 is 1.20 bits per heavy atom. The standard InChI is InChI=1S/C14H26N2O4/c1-6-10(3)16(7-2)13(20)15-11(17)8-14(4,5)9-12(18)19/h10H,6-9H2,1-5H3,(H,18,19)(H,15,17,20). The third-order valence-electron chi connectivity index (χ3n) is 3.24. The molecule has 6 heteroatoms. The Balaban J connectivity index is 4.53. The molecule has 1 atom stereocenters. The highest BCUT2D eigenvalue weighted by Crippen LogP contribution is 2.24. The zero-order chi connectivity index (χ0) is 15.9. The van der Waals surface area contributed by atoms with Gasteiger partial charge in [0, 0.05) is 19.0 Å². The zero-order valence-electron chi connectivity index (χ0n) is 13.0. The van der Waals surface area contributed by atoms with Crippen molar-refractivity contribution in [2.75, 3.05) is 6.54 Å². The lowest BCUT2D eigenvalue weighted by atomic mass is 9.85. The molecule has 0 aliphatic rings. The fourth-order valence-corrected chi connectivity index (χ4v) is 2.02. The molecule has 0 saturated carbocycles. The van der Waals surface area contributed by atoms with Crippen molar-refractivity contribution in [2.24, 2.45) is 5.41 Å². The normalized spacial score (nSPS) is 12.7. The van der Waals surface area contributed by atoms with Crippen molar-refractivity contribution < 1.29 is 19.5 Å². The first-order chi connectivity index (χ1) is 9.12. The summed E-state index contributed by atoms with van der Waals surface area (Å²) in [6, 6.07) is -0.363. The van der Waals surface area contributed by atoms with Crippen molar-refractivity contribution in [1.82, 2.24) is 10.2 Å². The summed E-state index contributed by atoms with van der Waals surface area (Å²) in [6.07, 6.45) is 0.695. The molecule has 6 nitrogen and oxygen atoms in total. The molecule has 20 heavy (non-hydrogen) atoms. The molecule has 0 aromatic heterocycles. The summed E-state index contributed by atoms with van der Waals surface area (Å²) in [5.74, 6) is -1.40. The van der Waals surface area contributed by atoms with Crippen LogP contribution in [0.5, 0.6) is 0 Å². The van der Waals surface area contributed by atoms with Crippen LogP contribution in [0.25, 0.3) is 0 Å². The van der Waals surface area contributed by atoms with Crippen LogP contribution < -0.4 is 5.32 Å². The second-order valence-corrected chi connectivity index (χ2v) is 5.81. The van der Waals surface area contributed by atoms with E-state index in [1.54, 1.807) is 18.7 Å². The molecule has 2 N–H and O–H groups in total. The van der Waals surface area contributed by atoms with Crippen molar-refractivity contribution in [3.05, 3.63) is 0 Å². The predicted molar refractivity (Wildman–Crippen MR) is 76.3 cm³/mol. The smallest absolute Gasteiger partial charge is 0.324 e. The van der Waals surface area contributed by atoms with E-state index in [4.69, 9.17) is 5.11 Å². The minimum absolute atomic E-state index is 0.00308. The summed E-state index contributed by atoms with van der Waals surface area (Å²) in [5, 5.41) is 11.1. The number of amides is 3. The van der Waals surface area contributed by atoms with Gasteiger partial charge in [-0.3, -0.25) is 14.9 Å². The highest BCUT2D eigenvalue weighted by Gasteiger charge is 2.27. The molecule has 0 aromatic carbocycles. The van der Waals surface area contributed by atoms with Crippen LogP contribution in [-0.4, -0.2) is 40.5 Å². The van der Waals surface area contributed by atoms with E-state index in [0.29, 0.717) is 6.54 Å². The van der Waals surface area contributed by atoms with Gasteiger partial charge in [0.05, 0.1) is 6.42 Å². The van der Waals surface area contributed by atoms with Crippen LogP contribution in [-0.2, 0) is 9.59 Å². The van der Waals surface area contributed by atoms with Gasteiger partial charge >= 0.3 is 12.0 Å². The topological polar surface area (TPSA) is 86.7 Å². The van der Waals surface area contributed by atoms with Crippen LogP contribution in [0.3, 0.4) is 0 Å². The Hall–Kier alpha value is -1.59. The molecule has 0 saturated heterocycles. The first-order valence-corrected chi connectivity index (χ1v) is 6.95. The predicted octanol–water partition coefficient (Wildman–Crippen LogP) is 2.23. The van der Waals surface area contributed by atoms with Crippen LogP contribution in [0.4, 0.5) is 4.79 Å². The second kappa shape index (κ2) is 7.87. The quantitative estimate of drug-likeness (QED) is 0.751. The minimum Gasteiger partial charge on any atom is -0.481 e. The molecule has 0 bridgehead atoms. The molecule has 0 aliphatic carbocycles. The third kappa shape index (κ3) is 6.54. The number of hydrogen-bond acceptors (Lipinski definition) is 3. The highest BCUT2D eigenvalue weighted by molar-refractivity contribution is 5.94. The summed E-state index contributed by atoms with van der Waals surface area (Å²) in [4.78, 5) is 36.1. The van der Waals surface area contributed by atoms with E-state index < -0.39 is 23.3 Å². The maximum absolute atomic E-state index is 12.0. The van der Waals surface area contributed by atoms with E-state index in [1.165, 1.54) is 0 Å². The van der Waals surface area contributed by atoms with Gasteiger partial charge in [-0.05, 0) is 25.7 Å². The van der Waals surface area contributed by atoms with Gasteiger partial charge in [-0.25, -0.2) is 4.79 Å². The fraction of sp³-hybridized carbons (Fsp3) is 0.786. The number of carboxylic acid groups (broad SMARTS) is 1. The number of carboxylic acids is 1. The molecule has 0 heterocycles. The van der Waals surface area contributed by atoms with Gasteiger partial charge in [0.15, 0.2) is 0 Å². The molecule has 3 amide bonds. The molecule has 0 spiro atoms. The van der Waals surface area contributed by atoms with Crippen molar-refractivity contribution in [2.45, 2.75) is 59.9 Å². The first kappa shape index (κ1) is 18.4. The zero-order valence-corrected chi connectivity index (χ0v) is 13.0. The lowest BCUT2D eigenvalue weighted by Crippen LogP contribution is -2.47. The van der Waals surface area contributed by atoms with Crippen LogP contribution >= 0.6 is 0 Å². The van der Waals surface area contributed by atoms with E-state index >= 15 is 0 Å². The average Bonchev–Trinajstić information content (AvgIpc) is 2.26. The van der Waals surface area contributed by atoms with Crippen molar-refractivity contribution in [3.8, 4) is 0 Å². The largest absolute Gasteiger partial charge is 0.481 e. The monoisotopic (exact) mass is 286 g/mol. The Morgan fingerprint density at radius 2 is 1.75 bits per heavy atom. The van der Waals surface area contributed by atoms with E-state index in [9.17, 15) is 14.4 Å². The number of nitrogens with zero attached hydrogens (tertiary/aromatic N) is 1. The van der Waals surface area contributed by atoms with Crippen molar-refractivity contribution in [1.29, 1.82) is 0 Å². The first-order valence-electron chi connectivity index (χ1n) is 6.95. The summed E-state index contributed by atoms with van der Waals surface area (Å²) >= 11 is 0. The Morgan fingerprint density at radius 3 is 2.15 bits per heavy atom. The highest BCUT2D eigenvalue weighted by atomic mass is 16.4. The molecule has 0 aromatic rings. The van der Waals surface area contributed by atoms with Crippen LogP contribution in [0.1, 0.15) is 53.9 Å². The number of rotatable bonds is 7. The Bertz CT molecular complexity index is 366. The molecular weight excluding hydrogens is 260 g/mol.